The molecular formula is C13H6FN3O2. The van der Waals surface area contributed by atoms with Crippen LogP contribution in [0.1, 0.15) is 5.56 Å². The second kappa shape index (κ2) is 4.38. The van der Waals surface area contributed by atoms with Crippen LogP contribution >= 0.6 is 0 Å². The predicted molar refractivity (Wildman–Crippen MR) is 62.1 cm³/mol. The van der Waals surface area contributed by atoms with E-state index in [1.807, 2.05) is 0 Å². The van der Waals surface area contributed by atoms with Gasteiger partial charge in [0.25, 0.3) is 5.89 Å². The molecule has 0 aliphatic carbocycles. The lowest BCUT2D eigenvalue weighted by molar-refractivity contribution is 0.431. The molecule has 0 bridgehead atoms. The summed E-state index contributed by atoms with van der Waals surface area (Å²) in [4.78, 5) is 4.12. The van der Waals surface area contributed by atoms with E-state index in [4.69, 9.17) is 14.2 Å². The van der Waals surface area contributed by atoms with Gasteiger partial charge in [-0.2, -0.15) is 10.2 Å². The van der Waals surface area contributed by atoms with Gasteiger partial charge in [0.15, 0.2) is 0 Å². The maximum absolute atomic E-state index is 13.5. The largest absolute Gasteiger partial charge is 0.472 e. The van der Waals surface area contributed by atoms with Crippen molar-refractivity contribution in [2.24, 2.45) is 0 Å². The molecule has 0 fully saturated rings. The standard InChI is InChI=1S/C13H6FN3O2/c14-11-3-1-2-9(10(11)6-15)13-16-12(17-19-13)8-4-5-18-7-8/h1-5,7H. The third kappa shape index (κ3) is 1.87. The van der Waals surface area contributed by atoms with Crippen LogP contribution in [-0.2, 0) is 0 Å². The van der Waals surface area contributed by atoms with Gasteiger partial charge in [-0.05, 0) is 18.2 Å². The van der Waals surface area contributed by atoms with Gasteiger partial charge < -0.3 is 8.94 Å². The second-order valence-corrected chi connectivity index (χ2v) is 3.71. The summed E-state index contributed by atoms with van der Waals surface area (Å²) in [5.41, 5.74) is 0.791. The Labute approximate surface area is 106 Å². The maximum atomic E-state index is 13.5. The van der Waals surface area contributed by atoms with E-state index in [0.717, 1.165) is 0 Å². The van der Waals surface area contributed by atoms with Crippen molar-refractivity contribution in [3.63, 3.8) is 0 Å². The zero-order valence-corrected chi connectivity index (χ0v) is 9.50. The second-order valence-electron chi connectivity index (χ2n) is 3.71. The predicted octanol–water partition coefficient (Wildman–Crippen LogP) is 3.01. The van der Waals surface area contributed by atoms with Crippen LogP contribution in [0.3, 0.4) is 0 Å². The molecule has 6 heteroatoms. The summed E-state index contributed by atoms with van der Waals surface area (Å²) in [6.07, 6.45) is 2.94. The quantitative estimate of drug-likeness (QED) is 0.703. The van der Waals surface area contributed by atoms with Crippen LogP contribution in [0.5, 0.6) is 0 Å². The highest BCUT2D eigenvalue weighted by Gasteiger charge is 2.16. The number of furan rings is 1. The number of aromatic nitrogens is 2. The lowest BCUT2D eigenvalue weighted by Gasteiger charge is -1.98. The van der Waals surface area contributed by atoms with E-state index in [2.05, 4.69) is 10.1 Å². The topological polar surface area (TPSA) is 75.8 Å². The summed E-state index contributed by atoms with van der Waals surface area (Å²) >= 11 is 0. The summed E-state index contributed by atoms with van der Waals surface area (Å²) < 4.78 is 23.5. The maximum Gasteiger partial charge on any atom is 0.259 e. The Morgan fingerprint density at radius 3 is 2.89 bits per heavy atom. The molecule has 3 rings (SSSR count). The summed E-state index contributed by atoms with van der Waals surface area (Å²) in [5.74, 6) is -0.216. The van der Waals surface area contributed by atoms with Crippen LogP contribution in [0.15, 0.2) is 45.7 Å². The first-order valence-corrected chi connectivity index (χ1v) is 5.35. The van der Waals surface area contributed by atoms with E-state index in [1.54, 1.807) is 18.2 Å². The highest BCUT2D eigenvalue weighted by atomic mass is 19.1. The first-order chi connectivity index (χ1) is 9.29. The van der Waals surface area contributed by atoms with Gasteiger partial charge in [0.05, 0.1) is 17.4 Å². The Kier molecular flexibility index (Phi) is 2.58. The molecule has 0 saturated heterocycles. The minimum absolute atomic E-state index is 0.0900. The molecule has 92 valence electrons. The molecule has 3 aromatic rings. The molecule has 0 N–H and O–H groups in total. The van der Waals surface area contributed by atoms with Crippen molar-refractivity contribution in [1.29, 1.82) is 5.26 Å². The Morgan fingerprint density at radius 1 is 1.26 bits per heavy atom. The molecule has 2 aromatic heterocycles. The van der Waals surface area contributed by atoms with Crippen molar-refractivity contribution < 1.29 is 13.3 Å². The molecule has 0 unspecified atom stereocenters. The number of nitrogens with zero attached hydrogens (tertiary/aromatic N) is 3. The fourth-order valence-electron chi connectivity index (χ4n) is 1.66. The summed E-state index contributed by atoms with van der Waals surface area (Å²) in [6, 6.07) is 7.69. The van der Waals surface area contributed by atoms with Crippen molar-refractivity contribution in [3.05, 3.63) is 48.2 Å². The third-order valence-electron chi connectivity index (χ3n) is 2.56. The normalized spacial score (nSPS) is 10.3. The molecule has 0 atom stereocenters. The van der Waals surface area contributed by atoms with Gasteiger partial charge >= 0.3 is 0 Å². The van der Waals surface area contributed by atoms with Gasteiger partial charge in [-0.25, -0.2) is 4.39 Å². The molecule has 0 aliphatic rings. The average Bonchev–Trinajstić information content (AvgIpc) is 3.09. The van der Waals surface area contributed by atoms with Gasteiger partial charge in [-0.1, -0.05) is 11.2 Å². The molecule has 0 aliphatic heterocycles. The van der Waals surface area contributed by atoms with Gasteiger partial charge in [0.1, 0.15) is 23.7 Å². The molecule has 1 aromatic carbocycles. The summed E-state index contributed by atoms with van der Waals surface area (Å²) in [7, 11) is 0. The molecule has 0 saturated carbocycles. The van der Waals surface area contributed by atoms with Crippen molar-refractivity contribution in [3.8, 4) is 28.9 Å². The first-order valence-electron chi connectivity index (χ1n) is 5.35. The van der Waals surface area contributed by atoms with E-state index < -0.39 is 5.82 Å². The lowest BCUT2D eigenvalue weighted by Crippen LogP contribution is -1.89. The monoisotopic (exact) mass is 255 g/mol. The number of nitriles is 1. The van der Waals surface area contributed by atoms with Crippen molar-refractivity contribution in [2.45, 2.75) is 0 Å². The Balaban J connectivity index is 2.10. The van der Waals surface area contributed by atoms with Gasteiger partial charge in [-0.15, -0.1) is 0 Å². The van der Waals surface area contributed by atoms with Gasteiger partial charge in [0.2, 0.25) is 5.82 Å². The van der Waals surface area contributed by atoms with Crippen molar-refractivity contribution in [2.75, 3.05) is 0 Å². The van der Waals surface area contributed by atoms with Crippen LogP contribution in [0.25, 0.3) is 22.8 Å². The molecular weight excluding hydrogens is 249 g/mol. The van der Waals surface area contributed by atoms with Gasteiger partial charge in [-0.3, -0.25) is 0 Å². The van der Waals surface area contributed by atoms with Crippen molar-refractivity contribution in [1.82, 2.24) is 10.1 Å². The van der Waals surface area contributed by atoms with Crippen molar-refractivity contribution >= 4 is 0 Å². The molecule has 0 spiro atoms. The SMILES string of the molecule is N#Cc1c(F)cccc1-c1nc(-c2ccoc2)no1. The Hall–Kier alpha value is -2.94. The number of benzene rings is 1. The number of hydrogen-bond acceptors (Lipinski definition) is 5. The average molecular weight is 255 g/mol. The van der Waals surface area contributed by atoms with Crippen LogP contribution in [0.2, 0.25) is 0 Å². The number of halogens is 1. The molecule has 19 heavy (non-hydrogen) atoms. The van der Waals surface area contributed by atoms with Crippen LogP contribution < -0.4 is 0 Å². The smallest absolute Gasteiger partial charge is 0.259 e. The fourth-order valence-corrected chi connectivity index (χ4v) is 1.66. The zero-order chi connectivity index (χ0) is 13.2. The molecule has 0 radical (unpaired) electrons. The summed E-state index contributed by atoms with van der Waals surface area (Å²) in [6.45, 7) is 0. The number of hydrogen-bond donors (Lipinski definition) is 0. The van der Waals surface area contributed by atoms with E-state index >= 15 is 0 Å². The van der Waals surface area contributed by atoms with E-state index in [0.29, 0.717) is 11.4 Å². The zero-order valence-electron chi connectivity index (χ0n) is 9.50. The molecule has 2 heterocycles. The van der Waals surface area contributed by atoms with Crippen LogP contribution in [-0.4, -0.2) is 10.1 Å². The first kappa shape index (κ1) is 11.2. The van der Waals surface area contributed by atoms with E-state index in [1.165, 1.54) is 24.7 Å². The molecule has 5 nitrogen and oxygen atoms in total. The minimum atomic E-state index is -0.622. The van der Waals surface area contributed by atoms with Gasteiger partial charge in [0, 0.05) is 0 Å². The Morgan fingerprint density at radius 2 is 2.16 bits per heavy atom. The lowest BCUT2D eigenvalue weighted by atomic mass is 10.1. The number of rotatable bonds is 2. The highest BCUT2D eigenvalue weighted by Crippen LogP contribution is 2.26. The Bertz CT molecular complexity index is 757. The van der Waals surface area contributed by atoms with E-state index in [9.17, 15) is 4.39 Å². The summed E-state index contributed by atoms with van der Waals surface area (Å²) in [5, 5.41) is 12.7. The highest BCUT2D eigenvalue weighted by molar-refractivity contribution is 5.65. The fraction of sp³-hybridized carbons (Fsp3) is 0. The van der Waals surface area contributed by atoms with Crippen LogP contribution in [0.4, 0.5) is 4.39 Å². The van der Waals surface area contributed by atoms with E-state index in [-0.39, 0.29) is 17.0 Å². The minimum Gasteiger partial charge on any atom is -0.472 e. The van der Waals surface area contributed by atoms with Crippen LogP contribution in [0, 0.1) is 17.1 Å². The molecule has 0 amide bonds. The third-order valence-corrected chi connectivity index (χ3v) is 2.56.